The average molecular weight is 289 g/mol. The van der Waals surface area contributed by atoms with Gasteiger partial charge in [-0.05, 0) is 30.5 Å². The normalized spacial score (nSPS) is 15.6. The number of nitrogens with one attached hydrogen (secondary N) is 1. The van der Waals surface area contributed by atoms with Gasteiger partial charge in [-0.2, -0.15) is 0 Å². The molecular weight excluding hydrogens is 270 g/mol. The third kappa shape index (κ3) is 2.19. The highest BCUT2D eigenvalue weighted by Gasteiger charge is 2.43. The zero-order chi connectivity index (χ0) is 15.0. The highest BCUT2D eigenvalue weighted by Crippen LogP contribution is 2.48. The Morgan fingerprint density at radius 2 is 1.77 bits per heavy atom. The summed E-state index contributed by atoms with van der Waals surface area (Å²) < 4.78 is 0. The molecule has 22 heavy (non-hydrogen) atoms. The van der Waals surface area contributed by atoms with Crippen LogP contribution in [0, 0.1) is 0 Å². The topological polar surface area (TPSA) is 50.9 Å². The minimum atomic E-state index is 0.269. The first kappa shape index (κ1) is 13.1. The van der Waals surface area contributed by atoms with Crippen LogP contribution in [0.15, 0.2) is 60.8 Å². The van der Waals surface area contributed by atoms with Crippen LogP contribution >= 0.6 is 0 Å². The molecule has 0 unspecified atom stereocenters. The summed E-state index contributed by atoms with van der Waals surface area (Å²) in [5.74, 6) is 0.923. The molecule has 3 aromatic rings. The monoisotopic (exact) mass is 289 g/mol. The van der Waals surface area contributed by atoms with Crippen LogP contribution in [0.4, 0.5) is 11.5 Å². The van der Waals surface area contributed by atoms with E-state index in [2.05, 4.69) is 46.7 Å². The molecule has 1 aliphatic rings. The summed E-state index contributed by atoms with van der Waals surface area (Å²) in [6.45, 7) is 0.915. The fourth-order valence-electron chi connectivity index (χ4n) is 3.14. The molecular formula is C19H19N3. The lowest BCUT2D eigenvalue weighted by Crippen LogP contribution is -2.20. The molecule has 0 bridgehead atoms. The lowest BCUT2D eigenvalue weighted by atomic mass is 9.96. The van der Waals surface area contributed by atoms with Crippen molar-refractivity contribution in [1.82, 2.24) is 4.98 Å². The van der Waals surface area contributed by atoms with Crippen LogP contribution in [0.1, 0.15) is 18.4 Å². The molecule has 1 aromatic heterocycles. The van der Waals surface area contributed by atoms with E-state index in [1.54, 1.807) is 0 Å². The lowest BCUT2D eigenvalue weighted by molar-refractivity contribution is 0.731. The number of nitrogens with two attached hydrogens (primary N) is 1. The average Bonchev–Trinajstić information content (AvgIpc) is 3.36. The smallest absolute Gasteiger partial charge is 0.133 e. The molecule has 110 valence electrons. The third-order valence-corrected chi connectivity index (χ3v) is 4.67. The first-order chi connectivity index (χ1) is 10.8. The van der Waals surface area contributed by atoms with Crippen molar-refractivity contribution >= 4 is 22.3 Å². The van der Waals surface area contributed by atoms with Crippen molar-refractivity contribution in [3.05, 3.63) is 66.4 Å². The van der Waals surface area contributed by atoms with Crippen molar-refractivity contribution < 1.29 is 0 Å². The van der Waals surface area contributed by atoms with E-state index in [0.717, 1.165) is 28.8 Å². The van der Waals surface area contributed by atoms with E-state index in [1.165, 1.54) is 18.4 Å². The lowest BCUT2D eigenvalue weighted by Gasteiger charge is -2.18. The van der Waals surface area contributed by atoms with E-state index in [9.17, 15) is 0 Å². The minimum Gasteiger partial charge on any atom is -0.398 e. The molecule has 0 amide bonds. The van der Waals surface area contributed by atoms with Crippen LogP contribution in [0.25, 0.3) is 10.8 Å². The second-order valence-electron chi connectivity index (χ2n) is 6.10. The molecule has 3 nitrogen and oxygen atoms in total. The Bertz CT molecular complexity index is 807. The second-order valence-corrected chi connectivity index (χ2v) is 6.10. The van der Waals surface area contributed by atoms with Gasteiger partial charge in [0.1, 0.15) is 5.82 Å². The first-order valence-corrected chi connectivity index (χ1v) is 7.71. The van der Waals surface area contributed by atoms with E-state index in [4.69, 9.17) is 5.73 Å². The number of benzene rings is 2. The Morgan fingerprint density at radius 3 is 2.55 bits per heavy atom. The molecule has 3 N–H and O–H groups in total. The number of hydrogen-bond donors (Lipinski definition) is 2. The molecule has 1 saturated carbocycles. The molecule has 1 heterocycles. The quantitative estimate of drug-likeness (QED) is 0.715. The van der Waals surface area contributed by atoms with Crippen molar-refractivity contribution in [2.24, 2.45) is 0 Å². The largest absolute Gasteiger partial charge is 0.398 e. The summed E-state index contributed by atoms with van der Waals surface area (Å²) in [5.41, 5.74) is 8.54. The van der Waals surface area contributed by atoms with Crippen LogP contribution in [0.2, 0.25) is 0 Å². The van der Waals surface area contributed by atoms with Gasteiger partial charge in [0.05, 0.1) is 0 Å². The molecule has 0 aliphatic heterocycles. The van der Waals surface area contributed by atoms with E-state index < -0.39 is 0 Å². The van der Waals surface area contributed by atoms with Gasteiger partial charge in [0, 0.05) is 34.6 Å². The Morgan fingerprint density at radius 1 is 0.955 bits per heavy atom. The maximum atomic E-state index is 6.05. The number of rotatable bonds is 4. The number of anilines is 2. The first-order valence-electron chi connectivity index (χ1n) is 7.71. The SMILES string of the molecule is Nc1cccc2c(NCC3(c4ccccc4)CC3)nccc12. The van der Waals surface area contributed by atoms with Gasteiger partial charge in [0.2, 0.25) is 0 Å². The Balaban J connectivity index is 1.62. The summed E-state index contributed by atoms with van der Waals surface area (Å²) in [4.78, 5) is 4.51. The number of fused-ring (bicyclic) bond motifs is 1. The van der Waals surface area contributed by atoms with Gasteiger partial charge in [-0.3, -0.25) is 0 Å². The van der Waals surface area contributed by atoms with Crippen LogP contribution in [-0.4, -0.2) is 11.5 Å². The number of nitrogen functional groups attached to an aromatic ring is 1. The van der Waals surface area contributed by atoms with Crippen molar-refractivity contribution in [2.75, 3.05) is 17.6 Å². The van der Waals surface area contributed by atoms with Gasteiger partial charge in [-0.25, -0.2) is 4.98 Å². The maximum Gasteiger partial charge on any atom is 0.133 e. The molecule has 4 rings (SSSR count). The fourth-order valence-corrected chi connectivity index (χ4v) is 3.14. The van der Waals surface area contributed by atoms with Gasteiger partial charge in [-0.15, -0.1) is 0 Å². The van der Waals surface area contributed by atoms with Crippen LogP contribution < -0.4 is 11.1 Å². The van der Waals surface area contributed by atoms with Crippen LogP contribution in [-0.2, 0) is 5.41 Å². The molecule has 0 saturated heterocycles. The Labute approximate surface area is 130 Å². The maximum absolute atomic E-state index is 6.05. The molecule has 0 radical (unpaired) electrons. The molecule has 2 aromatic carbocycles. The van der Waals surface area contributed by atoms with Gasteiger partial charge in [0.15, 0.2) is 0 Å². The van der Waals surface area contributed by atoms with E-state index in [1.807, 2.05) is 24.4 Å². The summed E-state index contributed by atoms with van der Waals surface area (Å²) in [5, 5.41) is 5.70. The molecule has 0 atom stereocenters. The summed E-state index contributed by atoms with van der Waals surface area (Å²) in [6.07, 6.45) is 4.29. The van der Waals surface area contributed by atoms with Gasteiger partial charge < -0.3 is 11.1 Å². The summed E-state index contributed by atoms with van der Waals surface area (Å²) in [7, 11) is 0. The fraction of sp³-hybridized carbons (Fsp3) is 0.211. The zero-order valence-electron chi connectivity index (χ0n) is 12.4. The van der Waals surface area contributed by atoms with E-state index in [0.29, 0.717) is 0 Å². The van der Waals surface area contributed by atoms with E-state index in [-0.39, 0.29) is 5.41 Å². The van der Waals surface area contributed by atoms with Gasteiger partial charge in [-0.1, -0.05) is 42.5 Å². The standard InChI is InChI=1S/C19H19N3/c20-17-8-4-7-16-15(17)9-12-21-18(16)22-13-19(10-11-19)14-5-2-1-3-6-14/h1-9,12H,10-11,13,20H2,(H,21,22). The number of hydrogen-bond acceptors (Lipinski definition) is 3. The van der Waals surface area contributed by atoms with Crippen molar-refractivity contribution in [2.45, 2.75) is 18.3 Å². The van der Waals surface area contributed by atoms with Crippen molar-refractivity contribution in [1.29, 1.82) is 0 Å². The molecule has 1 fully saturated rings. The predicted octanol–water partition coefficient (Wildman–Crippen LogP) is 3.96. The highest BCUT2D eigenvalue weighted by atomic mass is 15.0. The Hall–Kier alpha value is -2.55. The number of nitrogens with zero attached hydrogens (tertiary/aromatic N) is 1. The molecule has 1 aliphatic carbocycles. The molecule has 3 heteroatoms. The van der Waals surface area contributed by atoms with E-state index >= 15 is 0 Å². The molecule has 0 spiro atoms. The minimum absolute atomic E-state index is 0.269. The van der Waals surface area contributed by atoms with Crippen molar-refractivity contribution in [3.8, 4) is 0 Å². The summed E-state index contributed by atoms with van der Waals surface area (Å²) in [6, 6.07) is 18.7. The zero-order valence-corrected chi connectivity index (χ0v) is 12.4. The second kappa shape index (κ2) is 5.02. The number of pyridine rings is 1. The highest BCUT2D eigenvalue weighted by molar-refractivity contribution is 5.99. The number of aromatic nitrogens is 1. The van der Waals surface area contributed by atoms with Gasteiger partial charge in [0.25, 0.3) is 0 Å². The third-order valence-electron chi connectivity index (χ3n) is 4.67. The van der Waals surface area contributed by atoms with Crippen molar-refractivity contribution in [3.63, 3.8) is 0 Å². The van der Waals surface area contributed by atoms with Gasteiger partial charge >= 0.3 is 0 Å². The summed E-state index contributed by atoms with van der Waals surface area (Å²) >= 11 is 0. The van der Waals surface area contributed by atoms with Crippen LogP contribution in [0.5, 0.6) is 0 Å². The predicted molar refractivity (Wildman–Crippen MR) is 92.0 cm³/mol. The Kier molecular flexibility index (Phi) is 3.00. The van der Waals surface area contributed by atoms with Crippen LogP contribution in [0.3, 0.4) is 0 Å².